The van der Waals surface area contributed by atoms with Gasteiger partial charge in [-0.3, -0.25) is 0 Å². The molecule has 0 bridgehead atoms. The van der Waals surface area contributed by atoms with Gasteiger partial charge in [0.15, 0.2) is 0 Å². The fourth-order valence-electron chi connectivity index (χ4n) is 2.05. The molecule has 18 heavy (non-hydrogen) atoms. The second-order valence-electron chi connectivity index (χ2n) is 4.79. The Morgan fingerprint density at radius 1 is 1.39 bits per heavy atom. The highest BCUT2D eigenvalue weighted by atomic mass is 16.5. The van der Waals surface area contributed by atoms with Gasteiger partial charge in [-0.25, -0.2) is 4.79 Å². The molecular weight excluding hydrogens is 228 g/mol. The molecule has 0 aromatic heterocycles. The van der Waals surface area contributed by atoms with Crippen LogP contribution in [0.2, 0.25) is 0 Å². The second-order valence-corrected chi connectivity index (χ2v) is 4.79. The highest BCUT2D eigenvalue weighted by molar-refractivity contribution is 5.67. The molecule has 0 saturated carbocycles. The molecule has 1 aromatic rings. The van der Waals surface area contributed by atoms with E-state index < -0.39 is 0 Å². The summed E-state index contributed by atoms with van der Waals surface area (Å²) >= 11 is 0. The number of carbonyl (C=O) groups is 1. The highest BCUT2D eigenvalue weighted by Crippen LogP contribution is 2.08. The summed E-state index contributed by atoms with van der Waals surface area (Å²) < 4.78 is 5.18. The van der Waals surface area contributed by atoms with Gasteiger partial charge < -0.3 is 15.4 Å². The van der Waals surface area contributed by atoms with E-state index in [-0.39, 0.29) is 12.1 Å². The van der Waals surface area contributed by atoms with Crippen molar-refractivity contribution in [2.75, 3.05) is 6.54 Å². The average Bonchev–Trinajstić information content (AvgIpc) is 2.40. The fraction of sp³-hybridized carbons (Fsp3) is 0.500. The number of hydrogen-bond acceptors (Lipinski definition) is 3. The van der Waals surface area contributed by atoms with Crippen LogP contribution in [0.1, 0.15) is 25.3 Å². The van der Waals surface area contributed by atoms with E-state index in [2.05, 4.69) is 17.6 Å². The molecule has 2 N–H and O–H groups in total. The van der Waals surface area contributed by atoms with E-state index in [1.54, 1.807) is 0 Å². The van der Waals surface area contributed by atoms with Gasteiger partial charge in [0.2, 0.25) is 0 Å². The molecule has 2 atom stereocenters. The molecule has 1 amide bonds. The Morgan fingerprint density at radius 3 is 2.83 bits per heavy atom. The van der Waals surface area contributed by atoms with Crippen molar-refractivity contribution >= 4 is 6.09 Å². The first-order chi connectivity index (χ1) is 8.74. The van der Waals surface area contributed by atoms with Gasteiger partial charge in [-0.1, -0.05) is 30.3 Å². The predicted octanol–water partition coefficient (Wildman–Crippen LogP) is 2.05. The number of hydrogen-bond donors (Lipinski definition) is 2. The van der Waals surface area contributed by atoms with Crippen molar-refractivity contribution in [3.05, 3.63) is 35.9 Å². The van der Waals surface area contributed by atoms with Crippen molar-refractivity contribution in [2.45, 2.75) is 38.5 Å². The topological polar surface area (TPSA) is 50.4 Å². The molecule has 1 fully saturated rings. The summed E-state index contributed by atoms with van der Waals surface area (Å²) in [6, 6.07) is 10.4. The largest absolute Gasteiger partial charge is 0.445 e. The maximum absolute atomic E-state index is 11.6. The standard InChI is InChI=1S/C14H20N2O2/c1-11-7-8-13(9-15-11)16-14(17)18-10-12-5-3-2-4-6-12/h2-6,11,13,15H,7-10H2,1H3,(H,16,17). The zero-order valence-corrected chi connectivity index (χ0v) is 10.7. The molecule has 2 unspecified atom stereocenters. The van der Waals surface area contributed by atoms with Crippen LogP contribution in [0.25, 0.3) is 0 Å². The van der Waals surface area contributed by atoms with Gasteiger partial charge in [0.25, 0.3) is 0 Å². The number of piperidine rings is 1. The Labute approximate surface area is 108 Å². The Bertz CT molecular complexity index is 373. The number of carbonyl (C=O) groups excluding carboxylic acids is 1. The van der Waals surface area contributed by atoms with Crippen LogP contribution in [-0.4, -0.2) is 24.7 Å². The van der Waals surface area contributed by atoms with E-state index in [0.29, 0.717) is 12.6 Å². The van der Waals surface area contributed by atoms with Gasteiger partial charge in [0.05, 0.1) is 0 Å². The SMILES string of the molecule is CC1CCC(NC(=O)OCc2ccccc2)CN1. The van der Waals surface area contributed by atoms with Crippen molar-refractivity contribution in [1.82, 2.24) is 10.6 Å². The lowest BCUT2D eigenvalue weighted by molar-refractivity contribution is 0.133. The summed E-state index contributed by atoms with van der Waals surface area (Å²) in [5, 5.41) is 6.23. The zero-order valence-electron chi connectivity index (χ0n) is 10.7. The van der Waals surface area contributed by atoms with Crippen LogP contribution in [-0.2, 0) is 11.3 Å². The summed E-state index contributed by atoms with van der Waals surface area (Å²) in [4.78, 5) is 11.6. The van der Waals surface area contributed by atoms with Crippen LogP contribution in [0.4, 0.5) is 4.79 Å². The van der Waals surface area contributed by atoms with Crippen LogP contribution in [0.15, 0.2) is 30.3 Å². The van der Waals surface area contributed by atoms with Gasteiger partial charge >= 0.3 is 6.09 Å². The third-order valence-corrected chi connectivity index (χ3v) is 3.20. The first-order valence-corrected chi connectivity index (χ1v) is 6.44. The van der Waals surface area contributed by atoms with Crippen molar-refractivity contribution in [2.24, 2.45) is 0 Å². The molecule has 1 aromatic carbocycles. The maximum atomic E-state index is 11.6. The first kappa shape index (κ1) is 12.9. The fourth-order valence-corrected chi connectivity index (χ4v) is 2.05. The lowest BCUT2D eigenvalue weighted by Crippen LogP contribution is -2.48. The number of nitrogens with one attached hydrogen (secondary N) is 2. The smallest absolute Gasteiger partial charge is 0.407 e. The molecular formula is C14H20N2O2. The molecule has 2 rings (SSSR count). The van der Waals surface area contributed by atoms with E-state index in [4.69, 9.17) is 4.74 Å². The van der Waals surface area contributed by atoms with Gasteiger partial charge in [0, 0.05) is 18.6 Å². The van der Waals surface area contributed by atoms with Gasteiger partial charge in [-0.15, -0.1) is 0 Å². The van der Waals surface area contributed by atoms with Crippen molar-refractivity contribution in [3.63, 3.8) is 0 Å². The molecule has 4 nitrogen and oxygen atoms in total. The molecule has 1 aliphatic rings. The second kappa shape index (κ2) is 6.40. The van der Waals surface area contributed by atoms with Crippen LogP contribution in [0.5, 0.6) is 0 Å². The molecule has 0 radical (unpaired) electrons. The third-order valence-electron chi connectivity index (χ3n) is 3.20. The van der Waals surface area contributed by atoms with E-state index in [1.165, 1.54) is 0 Å². The third kappa shape index (κ3) is 4.04. The Morgan fingerprint density at radius 2 is 2.17 bits per heavy atom. The minimum Gasteiger partial charge on any atom is -0.445 e. The van der Waals surface area contributed by atoms with Crippen LogP contribution in [0.3, 0.4) is 0 Å². The van der Waals surface area contributed by atoms with Crippen LogP contribution < -0.4 is 10.6 Å². The monoisotopic (exact) mass is 248 g/mol. The molecule has 1 aliphatic heterocycles. The average molecular weight is 248 g/mol. The summed E-state index contributed by atoms with van der Waals surface area (Å²) in [5.41, 5.74) is 1.00. The van der Waals surface area contributed by atoms with E-state index in [9.17, 15) is 4.79 Å². The Balaban J connectivity index is 1.69. The number of ether oxygens (including phenoxy) is 1. The molecule has 0 aliphatic carbocycles. The molecule has 98 valence electrons. The van der Waals surface area contributed by atoms with Crippen molar-refractivity contribution in [3.8, 4) is 0 Å². The van der Waals surface area contributed by atoms with E-state index >= 15 is 0 Å². The van der Waals surface area contributed by atoms with E-state index in [1.807, 2.05) is 30.3 Å². The summed E-state index contributed by atoms with van der Waals surface area (Å²) in [5.74, 6) is 0. The predicted molar refractivity (Wildman–Crippen MR) is 70.2 cm³/mol. The number of rotatable bonds is 3. The van der Waals surface area contributed by atoms with Gasteiger partial charge in [0.1, 0.15) is 6.61 Å². The molecule has 1 saturated heterocycles. The van der Waals surface area contributed by atoms with Crippen LogP contribution in [0, 0.1) is 0 Å². The maximum Gasteiger partial charge on any atom is 0.407 e. The lowest BCUT2D eigenvalue weighted by atomic mass is 10.0. The number of alkyl carbamates (subject to hydrolysis) is 1. The molecule has 4 heteroatoms. The highest BCUT2D eigenvalue weighted by Gasteiger charge is 2.19. The van der Waals surface area contributed by atoms with Gasteiger partial charge in [-0.2, -0.15) is 0 Å². The Hall–Kier alpha value is -1.55. The lowest BCUT2D eigenvalue weighted by Gasteiger charge is -2.27. The first-order valence-electron chi connectivity index (χ1n) is 6.44. The normalized spacial score (nSPS) is 23.4. The zero-order chi connectivity index (χ0) is 12.8. The number of amides is 1. The quantitative estimate of drug-likeness (QED) is 0.860. The summed E-state index contributed by atoms with van der Waals surface area (Å²) in [7, 11) is 0. The Kier molecular flexibility index (Phi) is 4.59. The van der Waals surface area contributed by atoms with E-state index in [0.717, 1.165) is 24.9 Å². The minimum atomic E-state index is -0.333. The summed E-state index contributed by atoms with van der Waals surface area (Å²) in [6.45, 7) is 3.30. The number of benzene rings is 1. The van der Waals surface area contributed by atoms with Crippen LogP contribution >= 0.6 is 0 Å². The minimum absolute atomic E-state index is 0.185. The van der Waals surface area contributed by atoms with Crippen molar-refractivity contribution < 1.29 is 9.53 Å². The molecule has 0 spiro atoms. The van der Waals surface area contributed by atoms with Gasteiger partial charge in [-0.05, 0) is 25.3 Å². The van der Waals surface area contributed by atoms with Crippen molar-refractivity contribution in [1.29, 1.82) is 0 Å². The molecule has 1 heterocycles. The summed E-state index contributed by atoms with van der Waals surface area (Å²) in [6.07, 6.45) is 1.76.